The SMILES string of the molecule is C=C[CH]O[14CH]=O. The van der Waals surface area contributed by atoms with E-state index in [0.717, 1.165) is 0 Å². The van der Waals surface area contributed by atoms with E-state index in [2.05, 4.69) is 11.3 Å². The predicted octanol–water partition coefficient (Wildman–Crippen LogP) is 0.507. The highest BCUT2D eigenvalue weighted by molar-refractivity contribution is 5.38. The van der Waals surface area contributed by atoms with Gasteiger partial charge in [0.25, 0.3) is 6.47 Å². The topological polar surface area (TPSA) is 26.3 Å². The lowest BCUT2D eigenvalue weighted by atomic mass is 10.7. The fourth-order valence-corrected chi connectivity index (χ4v) is 0.0876. The van der Waals surface area contributed by atoms with Gasteiger partial charge in [0.2, 0.25) is 0 Å². The van der Waals surface area contributed by atoms with Crippen LogP contribution >= 0.6 is 0 Å². The van der Waals surface area contributed by atoms with E-state index in [1.165, 1.54) is 12.7 Å². The van der Waals surface area contributed by atoms with Crippen LogP contribution in [0.25, 0.3) is 0 Å². The molecule has 0 aliphatic heterocycles. The summed E-state index contributed by atoms with van der Waals surface area (Å²) in [5.74, 6) is 0. The highest BCUT2D eigenvalue weighted by atomic mass is 16.7. The Hall–Kier alpha value is -0.790. The zero-order chi connectivity index (χ0) is 4.83. The maximum atomic E-state index is 9.26. The van der Waals surface area contributed by atoms with Crippen LogP contribution in [0.1, 0.15) is 0 Å². The predicted molar refractivity (Wildman–Crippen MR) is 21.6 cm³/mol. The van der Waals surface area contributed by atoms with E-state index in [9.17, 15) is 4.79 Å². The normalized spacial score (nSPS) is 6.67. The van der Waals surface area contributed by atoms with Crippen molar-refractivity contribution < 1.29 is 9.53 Å². The molecule has 0 aromatic carbocycles. The lowest BCUT2D eigenvalue weighted by Gasteiger charge is -1.80. The molecule has 0 aliphatic carbocycles. The van der Waals surface area contributed by atoms with Crippen molar-refractivity contribution in [3.8, 4) is 0 Å². The first-order valence-corrected chi connectivity index (χ1v) is 1.45. The summed E-state index contributed by atoms with van der Waals surface area (Å²) >= 11 is 0. The summed E-state index contributed by atoms with van der Waals surface area (Å²) in [6.45, 7) is 4.80. The summed E-state index contributed by atoms with van der Waals surface area (Å²) in [6, 6.07) is 0. The fourth-order valence-electron chi connectivity index (χ4n) is 0.0876. The van der Waals surface area contributed by atoms with Crippen LogP contribution in [0.3, 0.4) is 0 Å². The van der Waals surface area contributed by atoms with Crippen molar-refractivity contribution in [2.75, 3.05) is 0 Å². The van der Waals surface area contributed by atoms with Crippen molar-refractivity contribution in [2.24, 2.45) is 0 Å². The van der Waals surface area contributed by atoms with Gasteiger partial charge in [0.1, 0.15) is 0 Å². The number of hydrogen-bond donors (Lipinski definition) is 0. The Kier molecular flexibility index (Phi) is 3.66. The van der Waals surface area contributed by atoms with Crippen molar-refractivity contribution in [1.29, 1.82) is 0 Å². The number of carbonyl (C=O) groups is 1. The molecule has 33 valence electrons. The summed E-state index contributed by atoms with van der Waals surface area (Å²) in [5.41, 5.74) is 0. The number of rotatable bonds is 3. The van der Waals surface area contributed by atoms with Crippen LogP contribution in [0.5, 0.6) is 0 Å². The lowest BCUT2D eigenvalue weighted by Crippen LogP contribution is -1.75. The minimum absolute atomic E-state index is 0.335. The molecule has 0 bridgehead atoms. The largest absolute Gasteiger partial charge is 0.456 e. The van der Waals surface area contributed by atoms with E-state index in [1.807, 2.05) is 0 Å². The smallest absolute Gasteiger partial charge is 0.293 e. The molecule has 0 atom stereocenters. The Morgan fingerprint density at radius 1 is 1.83 bits per heavy atom. The van der Waals surface area contributed by atoms with Crippen molar-refractivity contribution >= 4 is 6.47 Å². The molecule has 0 aliphatic rings. The molecule has 2 heteroatoms. The molecule has 1 radical (unpaired) electrons. The third kappa shape index (κ3) is 3.21. The average Bonchev–Trinajstić information content (AvgIpc) is 1.61. The van der Waals surface area contributed by atoms with Crippen LogP contribution in [0.2, 0.25) is 0 Å². The second-order valence-corrected chi connectivity index (χ2v) is 0.604. The minimum Gasteiger partial charge on any atom is -0.456 e. The van der Waals surface area contributed by atoms with Gasteiger partial charge in [-0.2, -0.15) is 0 Å². The Labute approximate surface area is 36.4 Å². The first-order chi connectivity index (χ1) is 2.91. The molecule has 0 fully saturated rings. The van der Waals surface area contributed by atoms with E-state index in [1.54, 1.807) is 0 Å². The van der Waals surface area contributed by atoms with Gasteiger partial charge in [0, 0.05) is 0 Å². The fraction of sp³-hybridized carbons (Fsp3) is 0. The Balaban J connectivity index is 2.66. The van der Waals surface area contributed by atoms with E-state index < -0.39 is 0 Å². The highest BCUT2D eigenvalue weighted by Gasteiger charge is 1.67. The highest BCUT2D eigenvalue weighted by Crippen LogP contribution is 1.72. The second-order valence-electron chi connectivity index (χ2n) is 0.604. The van der Waals surface area contributed by atoms with Crippen LogP contribution in [0, 0.1) is 6.61 Å². The standard InChI is InChI=1S/C4H5O2/c1-2-3-6-4-5/h2-4H,1H2/i4+2. The molecule has 0 rings (SSSR count). The lowest BCUT2D eigenvalue weighted by molar-refractivity contribution is -0.125. The van der Waals surface area contributed by atoms with Crippen LogP contribution in [-0.4, -0.2) is 6.47 Å². The number of hydrogen-bond acceptors (Lipinski definition) is 2. The maximum Gasteiger partial charge on any atom is 0.293 e. The van der Waals surface area contributed by atoms with Gasteiger partial charge in [-0.1, -0.05) is 6.58 Å². The quantitative estimate of drug-likeness (QED) is 0.370. The molecule has 0 saturated heterocycles. The van der Waals surface area contributed by atoms with Gasteiger partial charge in [0.15, 0.2) is 6.61 Å². The van der Waals surface area contributed by atoms with E-state index in [-0.39, 0.29) is 0 Å². The maximum absolute atomic E-state index is 9.26. The molecule has 0 saturated carbocycles. The monoisotopic (exact) mass is 87.0 g/mol. The summed E-state index contributed by atoms with van der Waals surface area (Å²) < 4.78 is 4.06. The Morgan fingerprint density at radius 3 is 2.67 bits per heavy atom. The summed E-state index contributed by atoms with van der Waals surface area (Å²) in [4.78, 5) is 9.26. The molecule has 0 aromatic rings. The third-order valence-corrected chi connectivity index (χ3v) is 0.230. The van der Waals surface area contributed by atoms with Gasteiger partial charge in [-0.25, -0.2) is 0 Å². The Bertz CT molecular complexity index is 41.5. The molecular formula is C4H5O2. The van der Waals surface area contributed by atoms with Gasteiger partial charge >= 0.3 is 0 Å². The van der Waals surface area contributed by atoms with Crippen LogP contribution in [0.15, 0.2) is 12.7 Å². The van der Waals surface area contributed by atoms with Crippen LogP contribution in [0.4, 0.5) is 0 Å². The first kappa shape index (κ1) is 5.21. The van der Waals surface area contributed by atoms with Gasteiger partial charge in [-0.15, -0.1) is 0 Å². The number of ether oxygens (including phenoxy) is 1. The average molecular weight is 87.1 g/mol. The molecule has 2 nitrogen and oxygen atoms in total. The summed E-state index contributed by atoms with van der Waals surface area (Å²) in [6.07, 6.45) is 1.38. The number of carbonyl (C=O) groups excluding carboxylic acids is 1. The summed E-state index contributed by atoms with van der Waals surface area (Å²) in [5, 5.41) is 0. The third-order valence-electron chi connectivity index (χ3n) is 0.230. The van der Waals surface area contributed by atoms with E-state index in [4.69, 9.17) is 0 Å². The van der Waals surface area contributed by atoms with E-state index >= 15 is 0 Å². The molecule has 0 unspecified atom stereocenters. The molecule has 0 N–H and O–H groups in total. The van der Waals surface area contributed by atoms with Crippen LogP contribution in [-0.2, 0) is 9.53 Å². The van der Waals surface area contributed by atoms with Gasteiger partial charge in [-0.3, -0.25) is 4.79 Å². The zero-order valence-corrected chi connectivity index (χ0v) is 3.26. The molecular weight excluding hydrogens is 82.0 g/mol. The van der Waals surface area contributed by atoms with E-state index in [0.29, 0.717) is 6.47 Å². The Morgan fingerprint density at radius 2 is 2.50 bits per heavy atom. The van der Waals surface area contributed by atoms with Crippen molar-refractivity contribution in [1.82, 2.24) is 0 Å². The first-order valence-electron chi connectivity index (χ1n) is 1.45. The molecule has 0 heterocycles. The van der Waals surface area contributed by atoms with Crippen molar-refractivity contribution in [3.63, 3.8) is 0 Å². The molecule has 0 spiro atoms. The van der Waals surface area contributed by atoms with Crippen molar-refractivity contribution in [2.45, 2.75) is 0 Å². The van der Waals surface area contributed by atoms with Gasteiger partial charge in [-0.05, 0) is 6.08 Å². The summed E-state index contributed by atoms with van der Waals surface area (Å²) in [7, 11) is 0. The van der Waals surface area contributed by atoms with Gasteiger partial charge in [0.05, 0.1) is 0 Å². The van der Waals surface area contributed by atoms with Crippen LogP contribution < -0.4 is 0 Å². The molecule has 0 amide bonds. The molecule has 0 aromatic heterocycles. The molecule has 6 heavy (non-hydrogen) atoms. The minimum atomic E-state index is 0.335. The zero-order valence-electron chi connectivity index (χ0n) is 3.26. The van der Waals surface area contributed by atoms with Gasteiger partial charge < -0.3 is 4.74 Å². The van der Waals surface area contributed by atoms with Crippen molar-refractivity contribution in [3.05, 3.63) is 19.3 Å². The second kappa shape index (κ2) is 4.21.